The Bertz CT molecular complexity index is 3000. The van der Waals surface area contributed by atoms with E-state index >= 15 is 0 Å². The molecule has 1 N–H and O–H groups in total. The van der Waals surface area contributed by atoms with Gasteiger partial charge in [0.25, 0.3) is 5.56 Å². The van der Waals surface area contributed by atoms with Gasteiger partial charge < -0.3 is 28.8 Å². The van der Waals surface area contributed by atoms with Crippen LogP contribution in [0.3, 0.4) is 0 Å². The number of nitrogens with one attached hydrogen (secondary N) is 1. The average Bonchev–Trinajstić information content (AvgIpc) is 3.37. The number of carbonyl (C=O) groups is 2. The van der Waals surface area contributed by atoms with Gasteiger partial charge in [-0.1, -0.05) is 109 Å². The van der Waals surface area contributed by atoms with Crippen LogP contribution in [0.2, 0.25) is 0 Å². The summed E-state index contributed by atoms with van der Waals surface area (Å²) < 4.78 is 14.1. The molecule has 0 saturated carbocycles. The highest BCUT2D eigenvalue weighted by molar-refractivity contribution is 5.71. The Labute approximate surface area is 417 Å². The Balaban J connectivity index is 0.000000209. The second-order valence-electron chi connectivity index (χ2n) is 20.5. The summed E-state index contributed by atoms with van der Waals surface area (Å²) in [5.41, 5.74) is 4.62. The van der Waals surface area contributed by atoms with Gasteiger partial charge in [0, 0.05) is 69.3 Å². The zero-order valence-corrected chi connectivity index (χ0v) is 42.0. The van der Waals surface area contributed by atoms with Crippen molar-refractivity contribution in [3.63, 3.8) is 0 Å². The first-order chi connectivity index (χ1) is 33.8. The Morgan fingerprint density at radius 2 is 0.972 bits per heavy atom. The first kappa shape index (κ1) is 51.2. The highest BCUT2D eigenvalue weighted by atomic mass is 16.6. The van der Waals surface area contributed by atoms with E-state index in [9.17, 15) is 29.7 Å². The molecular formula is C59H64N6O6. The van der Waals surface area contributed by atoms with Crippen molar-refractivity contribution in [1.29, 1.82) is 10.5 Å². The predicted octanol–water partition coefficient (Wildman–Crippen LogP) is 12.6. The number of H-pyrrole nitrogens is 1. The lowest BCUT2D eigenvalue weighted by Gasteiger charge is -2.45. The van der Waals surface area contributed by atoms with Gasteiger partial charge in [-0.05, 0) is 112 Å². The van der Waals surface area contributed by atoms with Gasteiger partial charge in [-0.25, -0.2) is 9.59 Å². The third-order valence-corrected chi connectivity index (χ3v) is 13.9. The number of cyclic esters (lactones) is 2. The van der Waals surface area contributed by atoms with Crippen molar-refractivity contribution < 1.29 is 19.1 Å². The highest BCUT2D eigenvalue weighted by Crippen LogP contribution is 2.46. The number of aromatic nitrogens is 2. The van der Waals surface area contributed by atoms with Gasteiger partial charge in [-0.3, -0.25) is 9.59 Å². The summed E-state index contributed by atoms with van der Waals surface area (Å²) in [7, 11) is 0. The fraction of sp³-hybridized carbons (Fsp3) is 0.356. The molecule has 6 aromatic rings. The molecule has 71 heavy (non-hydrogen) atoms. The number of carbonyl (C=O) groups excluding carboxylic acids is 2. The van der Waals surface area contributed by atoms with Crippen LogP contribution in [-0.2, 0) is 20.7 Å². The Hall–Kier alpha value is -7.70. The number of hydrogen-bond acceptors (Lipinski definition) is 8. The number of ether oxygens (including phenoxy) is 2. The van der Waals surface area contributed by atoms with Crippen LogP contribution in [0.25, 0.3) is 22.3 Å². The normalized spacial score (nSPS) is 19.0. The van der Waals surface area contributed by atoms with Gasteiger partial charge in [-0.15, -0.1) is 0 Å². The van der Waals surface area contributed by atoms with Crippen LogP contribution >= 0.6 is 0 Å². The fourth-order valence-corrected chi connectivity index (χ4v) is 9.83. The van der Waals surface area contributed by atoms with E-state index in [1.807, 2.05) is 177 Å². The molecule has 366 valence electrons. The lowest BCUT2D eigenvalue weighted by molar-refractivity contribution is -0.0777. The van der Waals surface area contributed by atoms with Crippen molar-refractivity contribution >= 4 is 12.2 Å². The number of nitriles is 2. The average molecular weight is 953 g/mol. The summed E-state index contributed by atoms with van der Waals surface area (Å²) >= 11 is 0. The second kappa shape index (κ2) is 21.1. The predicted molar refractivity (Wildman–Crippen MR) is 276 cm³/mol. The molecule has 2 fully saturated rings. The highest BCUT2D eigenvalue weighted by Gasteiger charge is 2.48. The number of rotatable bonds is 13. The van der Waals surface area contributed by atoms with E-state index in [-0.39, 0.29) is 41.4 Å². The maximum atomic E-state index is 13.4. The molecular weight excluding hydrogens is 889 g/mol. The van der Waals surface area contributed by atoms with Gasteiger partial charge in [0.15, 0.2) is 0 Å². The van der Waals surface area contributed by atoms with Crippen molar-refractivity contribution in [3.05, 3.63) is 189 Å². The van der Waals surface area contributed by atoms with Gasteiger partial charge in [0.2, 0.25) is 5.56 Å². The molecule has 0 radical (unpaired) electrons. The molecule has 2 saturated heterocycles. The summed E-state index contributed by atoms with van der Waals surface area (Å²) in [5.74, 6) is 0. The molecule has 4 heterocycles. The van der Waals surface area contributed by atoms with E-state index in [2.05, 4.69) is 17.1 Å². The Kier molecular flexibility index (Phi) is 15.2. The number of benzene rings is 4. The minimum Gasteiger partial charge on any atom is -0.438 e. The van der Waals surface area contributed by atoms with Gasteiger partial charge in [-0.2, -0.15) is 10.5 Å². The number of amides is 2. The molecule has 2 aliphatic heterocycles. The van der Waals surface area contributed by atoms with Gasteiger partial charge >= 0.3 is 12.2 Å². The number of aromatic amines is 1. The minimum atomic E-state index is -0.836. The molecule has 0 bridgehead atoms. The van der Waals surface area contributed by atoms with Crippen molar-refractivity contribution in [2.24, 2.45) is 10.8 Å². The maximum Gasteiger partial charge on any atom is 0.411 e. The standard InChI is InChI=1S/C31H35N3O3.C28H29N3O3/c1-22(2)34-19-26(15-16-28(34)35)25-13-11-24(12-14-25)23(3)33-18-17-31(37-29(33)36,20-30(4,5)21-32)27-9-7-6-8-10-27;1-20(21-9-11-22(12-10-21)23-13-14-25(32)30-17-23)31-16-15-28(34-26(31)33,18-27(2,3)19-29)24-7-5-4-6-8-24/h6-16,19,22-23H,17-18,20H2,1-5H3;4-14,17,20H,15-16,18H2,1-3H3,(H,30,32)/t23-,31-;20-,28-/m00/s1. The Morgan fingerprint density at radius 1 is 0.563 bits per heavy atom. The molecule has 0 spiro atoms. The molecule has 8 rings (SSSR count). The third-order valence-electron chi connectivity index (χ3n) is 13.9. The van der Waals surface area contributed by atoms with Crippen LogP contribution in [0.5, 0.6) is 0 Å². The summed E-state index contributed by atoms with van der Waals surface area (Å²) in [6.45, 7) is 16.5. The zero-order valence-electron chi connectivity index (χ0n) is 42.0. The third kappa shape index (κ3) is 11.7. The smallest absolute Gasteiger partial charge is 0.411 e. The molecule has 12 heteroatoms. The van der Waals surface area contributed by atoms with E-state index in [4.69, 9.17) is 9.47 Å². The zero-order chi connectivity index (χ0) is 51.1. The van der Waals surface area contributed by atoms with E-state index in [0.717, 1.165) is 44.5 Å². The lowest BCUT2D eigenvalue weighted by Crippen LogP contribution is -2.50. The van der Waals surface area contributed by atoms with Crippen molar-refractivity contribution in [2.45, 2.75) is 110 Å². The first-order valence-electron chi connectivity index (χ1n) is 24.3. The number of nitrogens with zero attached hydrogens (tertiary/aromatic N) is 5. The second-order valence-corrected chi connectivity index (χ2v) is 20.5. The summed E-state index contributed by atoms with van der Waals surface area (Å²) in [5, 5.41) is 19.3. The van der Waals surface area contributed by atoms with E-state index in [1.54, 1.807) is 32.7 Å². The topological polar surface area (TPSA) is 162 Å². The van der Waals surface area contributed by atoms with Crippen LogP contribution in [0.4, 0.5) is 9.59 Å². The van der Waals surface area contributed by atoms with Gasteiger partial charge in [0.05, 0.1) is 35.1 Å². The van der Waals surface area contributed by atoms with Gasteiger partial charge in [0.1, 0.15) is 11.2 Å². The van der Waals surface area contributed by atoms with Crippen LogP contribution in [0.15, 0.2) is 155 Å². The lowest BCUT2D eigenvalue weighted by atomic mass is 9.75. The molecule has 4 aromatic carbocycles. The van der Waals surface area contributed by atoms with Crippen LogP contribution < -0.4 is 11.1 Å². The van der Waals surface area contributed by atoms with Crippen molar-refractivity contribution in [3.8, 4) is 34.4 Å². The van der Waals surface area contributed by atoms with E-state index in [1.165, 1.54) is 6.07 Å². The van der Waals surface area contributed by atoms with Crippen LogP contribution in [0.1, 0.15) is 121 Å². The molecule has 4 atom stereocenters. The first-order valence-corrected chi connectivity index (χ1v) is 24.3. The largest absolute Gasteiger partial charge is 0.438 e. The number of hydrogen-bond donors (Lipinski definition) is 1. The summed E-state index contributed by atoms with van der Waals surface area (Å²) in [6, 6.07) is 46.7. The number of pyridine rings is 2. The van der Waals surface area contributed by atoms with Crippen molar-refractivity contribution in [1.82, 2.24) is 19.4 Å². The molecule has 2 amide bonds. The Morgan fingerprint density at radius 3 is 1.35 bits per heavy atom. The quantitative estimate of drug-likeness (QED) is 0.120. The van der Waals surface area contributed by atoms with Crippen LogP contribution in [-0.4, -0.2) is 44.6 Å². The van der Waals surface area contributed by atoms with Crippen molar-refractivity contribution in [2.75, 3.05) is 13.1 Å². The maximum absolute atomic E-state index is 13.4. The summed E-state index contributed by atoms with van der Waals surface area (Å²) in [6.07, 6.45) is 4.91. The monoisotopic (exact) mass is 952 g/mol. The fourth-order valence-electron chi connectivity index (χ4n) is 9.83. The molecule has 2 aromatic heterocycles. The van der Waals surface area contributed by atoms with Crippen LogP contribution in [0, 0.1) is 33.5 Å². The SMILES string of the molecule is CC(C)n1cc(-c2ccc([C@H](C)N3CC[C@](CC(C)(C)C#N)(c4ccccc4)OC3=O)cc2)ccc1=O.C[C@@H](c1ccc(-c2ccc(=O)[nH]c2)cc1)N1CC[C@](CC(C)(C)C#N)(c2ccccc2)OC1=O. The summed E-state index contributed by atoms with van der Waals surface area (Å²) in [4.78, 5) is 56.3. The minimum absolute atomic E-state index is 0.0164. The van der Waals surface area contributed by atoms with E-state index in [0.29, 0.717) is 38.8 Å². The van der Waals surface area contributed by atoms with E-state index < -0.39 is 22.0 Å². The molecule has 2 aliphatic rings. The molecule has 0 unspecified atom stereocenters. The molecule has 12 nitrogen and oxygen atoms in total. The molecule has 0 aliphatic carbocycles.